The second-order valence-corrected chi connectivity index (χ2v) is 4.34. The van der Waals surface area contributed by atoms with Crippen LogP contribution in [0.2, 0.25) is 0 Å². The van der Waals surface area contributed by atoms with Gasteiger partial charge in [-0.3, -0.25) is 0 Å². The summed E-state index contributed by atoms with van der Waals surface area (Å²) in [6, 6.07) is 4.41. The third-order valence-electron chi connectivity index (χ3n) is 2.57. The fourth-order valence-electron chi connectivity index (χ4n) is 1.16. The number of esters is 1. The smallest absolute Gasteiger partial charge is 0.341 e. The Kier molecular flexibility index (Phi) is 4.05. The lowest BCUT2D eigenvalue weighted by molar-refractivity contribution is 0.0233. The summed E-state index contributed by atoms with van der Waals surface area (Å²) in [6.07, 6.45) is -0.215. The number of carbonyl (C=O) groups is 1. The van der Waals surface area contributed by atoms with Crippen LogP contribution in [0.4, 0.5) is 4.39 Å². The molecule has 0 amide bonds. The Morgan fingerprint density at radius 3 is 2.50 bits per heavy atom. The van der Waals surface area contributed by atoms with Gasteiger partial charge < -0.3 is 4.74 Å². The minimum Gasteiger partial charge on any atom is -0.459 e. The second-order valence-electron chi connectivity index (χ2n) is 4.34. The lowest BCUT2D eigenvalue weighted by atomic mass is 10.1. The average Bonchev–Trinajstić information content (AvgIpc) is 2.21. The highest BCUT2D eigenvalue weighted by molar-refractivity contribution is 5.90. The van der Waals surface area contributed by atoms with E-state index < -0.39 is 11.8 Å². The van der Waals surface area contributed by atoms with Crippen molar-refractivity contribution in [2.75, 3.05) is 0 Å². The molecule has 16 heavy (non-hydrogen) atoms. The molecule has 1 aromatic carbocycles. The average molecular weight is 224 g/mol. The Bertz CT molecular complexity index is 386. The minimum atomic E-state index is -0.595. The predicted molar refractivity (Wildman–Crippen MR) is 60.9 cm³/mol. The largest absolute Gasteiger partial charge is 0.459 e. The van der Waals surface area contributed by atoms with E-state index in [1.807, 2.05) is 20.8 Å². The van der Waals surface area contributed by atoms with Crippen LogP contribution in [0.25, 0.3) is 0 Å². The van der Waals surface area contributed by atoms with E-state index in [-0.39, 0.29) is 17.6 Å². The van der Waals surface area contributed by atoms with Gasteiger partial charge in [0.25, 0.3) is 0 Å². The van der Waals surface area contributed by atoms with Gasteiger partial charge in [-0.25, -0.2) is 9.18 Å². The van der Waals surface area contributed by atoms with E-state index in [1.54, 1.807) is 13.0 Å². The van der Waals surface area contributed by atoms with Gasteiger partial charge >= 0.3 is 5.97 Å². The molecule has 2 nitrogen and oxygen atoms in total. The Balaban J connectivity index is 2.84. The van der Waals surface area contributed by atoms with Gasteiger partial charge in [0.1, 0.15) is 11.9 Å². The first kappa shape index (κ1) is 12.7. The zero-order valence-electron chi connectivity index (χ0n) is 10.1. The molecule has 0 aromatic heterocycles. The van der Waals surface area contributed by atoms with Crippen molar-refractivity contribution in [2.45, 2.75) is 33.8 Å². The molecule has 0 aliphatic heterocycles. The highest BCUT2D eigenvalue weighted by atomic mass is 19.1. The zero-order valence-corrected chi connectivity index (χ0v) is 10.1. The van der Waals surface area contributed by atoms with Crippen molar-refractivity contribution in [3.05, 3.63) is 35.1 Å². The van der Waals surface area contributed by atoms with Crippen LogP contribution in [-0.4, -0.2) is 12.1 Å². The molecule has 1 unspecified atom stereocenters. The van der Waals surface area contributed by atoms with Crippen molar-refractivity contribution in [3.63, 3.8) is 0 Å². The second kappa shape index (κ2) is 5.10. The molecule has 1 aromatic rings. The normalized spacial score (nSPS) is 12.6. The molecule has 0 aliphatic rings. The van der Waals surface area contributed by atoms with Gasteiger partial charge in [-0.15, -0.1) is 0 Å². The Hall–Kier alpha value is -1.38. The van der Waals surface area contributed by atoms with Crippen molar-refractivity contribution in [1.29, 1.82) is 0 Å². The number of benzene rings is 1. The molecule has 0 bridgehead atoms. The van der Waals surface area contributed by atoms with Crippen molar-refractivity contribution >= 4 is 5.97 Å². The molecule has 0 radical (unpaired) electrons. The van der Waals surface area contributed by atoms with E-state index in [2.05, 4.69) is 0 Å². The highest BCUT2D eigenvalue weighted by Crippen LogP contribution is 2.14. The van der Waals surface area contributed by atoms with Gasteiger partial charge in [-0.1, -0.05) is 25.5 Å². The Morgan fingerprint density at radius 1 is 1.31 bits per heavy atom. The fraction of sp³-hybridized carbons (Fsp3) is 0.462. The number of rotatable bonds is 3. The maximum Gasteiger partial charge on any atom is 0.341 e. The van der Waals surface area contributed by atoms with Crippen LogP contribution < -0.4 is 0 Å². The quantitative estimate of drug-likeness (QED) is 0.736. The summed E-state index contributed by atoms with van der Waals surface area (Å²) in [7, 11) is 0. The number of halogens is 1. The summed E-state index contributed by atoms with van der Waals surface area (Å²) < 4.78 is 18.5. The molecule has 1 rings (SSSR count). The van der Waals surface area contributed by atoms with Crippen LogP contribution in [0.5, 0.6) is 0 Å². The van der Waals surface area contributed by atoms with Crippen LogP contribution in [0, 0.1) is 18.7 Å². The number of hydrogen-bond acceptors (Lipinski definition) is 2. The monoisotopic (exact) mass is 224 g/mol. The first-order chi connectivity index (χ1) is 7.41. The molecular weight excluding hydrogens is 207 g/mol. The molecule has 0 saturated carbocycles. The van der Waals surface area contributed by atoms with Gasteiger partial charge in [0, 0.05) is 0 Å². The third-order valence-corrected chi connectivity index (χ3v) is 2.57. The first-order valence-corrected chi connectivity index (χ1v) is 5.39. The Labute approximate surface area is 95.4 Å². The van der Waals surface area contributed by atoms with Crippen LogP contribution in [0.3, 0.4) is 0 Å². The molecule has 0 N–H and O–H groups in total. The van der Waals surface area contributed by atoms with E-state index in [4.69, 9.17) is 4.74 Å². The van der Waals surface area contributed by atoms with E-state index in [1.165, 1.54) is 12.1 Å². The van der Waals surface area contributed by atoms with E-state index in [0.29, 0.717) is 0 Å². The van der Waals surface area contributed by atoms with Gasteiger partial charge in [-0.05, 0) is 31.9 Å². The molecule has 0 spiro atoms. The van der Waals surface area contributed by atoms with E-state index >= 15 is 0 Å². The van der Waals surface area contributed by atoms with Gasteiger partial charge in [-0.2, -0.15) is 0 Å². The Morgan fingerprint density at radius 2 is 1.94 bits per heavy atom. The standard InChI is InChI=1S/C13H17FO2/c1-8(2)10(4)16-13(15)11-7-9(3)5-6-12(11)14/h5-8,10H,1-4H3. The summed E-state index contributed by atoms with van der Waals surface area (Å²) in [5.41, 5.74) is 0.845. The predicted octanol–water partition coefficient (Wildman–Crippen LogP) is 3.34. The lowest BCUT2D eigenvalue weighted by Crippen LogP contribution is -2.21. The van der Waals surface area contributed by atoms with E-state index in [9.17, 15) is 9.18 Å². The van der Waals surface area contributed by atoms with Crippen molar-refractivity contribution < 1.29 is 13.9 Å². The number of aryl methyl sites for hydroxylation is 1. The first-order valence-electron chi connectivity index (χ1n) is 5.39. The molecular formula is C13H17FO2. The zero-order chi connectivity index (χ0) is 12.3. The van der Waals surface area contributed by atoms with Crippen LogP contribution in [0.15, 0.2) is 18.2 Å². The molecule has 0 fully saturated rings. The molecule has 1 atom stereocenters. The van der Waals surface area contributed by atoms with E-state index in [0.717, 1.165) is 5.56 Å². The summed E-state index contributed by atoms with van der Waals surface area (Å²) in [5, 5.41) is 0. The number of hydrogen-bond donors (Lipinski definition) is 0. The molecule has 0 aliphatic carbocycles. The van der Waals surface area contributed by atoms with Gasteiger partial charge in [0.2, 0.25) is 0 Å². The van der Waals surface area contributed by atoms with Gasteiger partial charge in [0.05, 0.1) is 5.56 Å². The summed E-state index contributed by atoms with van der Waals surface area (Å²) in [5.74, 6) is -0.911. The lowest BCUT2D eigenvalue weighted by Gasteiger charge is -2.16. The number of ether oxygens (including phenoxy) is 1. The van der Waals surface area contributed by atoms with Crippen molar-refractivity contribution in [3.8, 4) is 0 Å². The fourth-order valence-corrected chi connectivity index (χ4v) is 1.16. The minimum absolute atomic E-state index is 0.00694. The van der Waals surface area contributed by atoms with Crippen LogP contribution in [0.1, 0.15) is 36.7 Å². The third kappa shape index (κ3) is 3.05. The molecule has 0 saturated heterocycles. The summed E-state index contributed by atoms with van der Waals surface area (Å²) in [6.45, 7) is 7.51. The molecule has 88 valence electrons. The maximum absolute atomic E-state index is 13.4. The van der Waals surface area contributed by atoms with Crippen LogP contribution in [-0.2, 0) is 4.74 Å². The van der Waals surface area contributed by atoms with Crippen LogP contribution >= 0.6 is 0 Å². The molecule has 0 heterocycles. The molecule has 3 heteroatoms. The van der Waals surface area contributed by atoms with Gasteiger partial charge in [0.15, 0.2) is 0 Å². The van der Waals surface area contributed by atoms with Crippen molar-refractivity contribution in [1.82, 2.24) is 0 Å². The summed E-state index contributed by atoms with van der Waals surface area (Å²) >= 11 is 0. The highest BCUT2D eigenvalue weighted by Gasteiger charge is 2.17. The number of carbonyl (C=O) groups excluding carboxylic acids is 1. The SMILES string of the molecule is Cc1ccc(F)c(C(=O)OC(C)C(C)C)c1. The topological polar surface area (TPSA) is 26.3 Å². The maximum atomic E-state index is 13.4. The van der Waals surface area contributed by atoms with Crippen molar-refractivity contribution in [2.24, 2.45) is 5.92 Å². The summed E-state index contributed by atoms with van der Waals surface area (Å²) in [4.78, 5) is 11.7.